The van der Waals surface area contributed by atoms with Crippen molar-refractivity contribution in [1.29, 1.82) is 0 Å². The Bertz CT molecular complexity index is 795. The Hall–Kier alpha value is -2.34. The van der Waals surface area contributed by atoms with Crippen LogP contribution in [0.5, 0.6) is 11.5 Å². The number of Topliss-reactive ketones (excluding diaryl/α,β-unsaturated/α-hetero) is 1. The van der Waals surface area contributed by atoms with Crippen molar-refractivity contribution in [2.45, 2.75) is 25.8 Å². The lowest BCUT2D eigenvalue weighted by atomic mass is 9.92. The van der Waals surface area contributed by atoms with Gasteiger partial charge in [-0.15, -0.1) is 0 Å². The molecule has 126 valence electrons. The second-order valence-electron chi connectivity index (χ2n) is 6.54. The quantitative estimate of drug-likeness (QED) is 0.863. The van der Waals surface area contributed by atoms with Crippen LogP contribution < -0.4 is 9.47 Å². The van der Waals surface area contributed by atoms with Gasteiger partial charge in [0.1, 0.15) is 5.69 Å². The number of likely N-dealkylation sites (N-methyl/N-ethyl adjacent to an activating group) is 1. The number of carbonyl (C=O) groups excluding carboxylic acids is 1. The number of benzene rings is 1. The first-order valence-corrected chi connectivity index (χ1v) is 8.31. The van der Waals surface area contributed by atoms with Gasteiger partial charge in [-0.1, -0.05) is 0 Å². The number of rotatable bonds is 4. The predicted octanol–water partition coefficient (Wildman–Crippen LogP) is 2.36. The van der Waals surface area contributed by atoms with Gasteiger partial charge in [-0.25, -0.2) is 0 Å². The van der Waals surface area contributed by atoms with E-state index in [-0.39, 0.29) is 12.6 Å². The fraction of sp³-hybridized carbons (Fsp3) is 0.444. The van der Waals surface area contributed by atoms with E-state index in [4.69, 9.17) is 14.6 Å². The molecule has 1 aliphatic heterocycles. The number of nitrogens with zero attached hydrogens (tertiary/aromatic N) is 3. The van der Waals surface area contributed by atoms with Gasteiger partial charge in [0.25, 0.3) is 0 Å². The molecule has 1 aromatic carbocycles. The molecule has 0 atom stereocenters. The zero-order valence-electron chi connectivity index (χ0n) is 14.0. The van der Waals surface area contributed by atoms with Crippen LogP contribution in [0.1, 0.15) is 28.9 Å². The third-order valence-corrected chi connectivity index (χ3v) is 4.56. The Morgan fingerprint density at radius 1 is 1.21 bits per heavy atom. The van der Waals surface area contributed by atoms with Crippen LogP contribution in [0.4, 0.5) is 0 Å². The molecule has 6 nitrogen and oxygen atoms in total. The molecule has 0 bridgehead atoms. The van der Waals surface area contributed by atoms with E-state index < -0.39 is 0 Å². The Balaban J connectivity index is 1.78. The smallest absolute Gasteiger partial charge is 0.231 e. The molecule has 2 aliphatic rings. The monoisotopic (exact) mass is 327 g/mol. The number of ether oxygens (including phenoxy) is 2. The largest absolute Gasteiger partial charge is 0.454 e. The second kappa shape index (κ2) is 5.94. The van der Waals surface area contributed by atoms with E-state index in [0.29, 0.717) is 12.2 Å². The van der Waals surface area contributed by atoms with Gasteiger partial charge in [0.15, 0.2) is 17.3 Å². The zero-order chi connectivity index (χ0) is 16.7. The van der Waals surface area contributed by atoms with Crippen LogP contribution in [-0.2, 0) is 13.0 Å². The number of fused-ring (bicyclic) bond motifs is 2. The fourth-order valence-electron chi connectivity index (χ4n) is 3.31. The molecule has 1 aliphatic carbocycles. The molecule has 24 heavy (non-hydrogen) atoms. The number of ketones is 1. The van der Waals surface area contributed by atoms with Gasteiger partial charge in [-0.3, -0.25) is 9.48 Å². The van der Waals surface area contributed by atoms with Crippen molar-refractivity contribution in [3.05, 3.63) is 29.5 Å². The van der Waals surface area contributed by atoms with Gasteiger partial charge in [0.2, 0.25) is 6.79 Å². The molecule has 1 aromatic heterocycles. The summed E-state index contributed by atoms with van der Waals surface area (Å²) in [6.45, 7) is 1.92. The molecular weight excluding hydrogens is 306 g/mol. The average Bonchev–Trinajstić information content (AvgIpc) is 3.17. The van der Waals surface area contributed by atoms with Crippen LogP contribution in [0.2, 0.25) is 0 Å². The minimum absolute atomic E-state index is 0.194. The highest BCUT2D eigenvalue weighted by atomic mass is 16.7. The van der Waals surface area contributed by atoms with Gasteiger partial charge < -0.3 is 14.4 Å². The first kappa shape index (κ1) is 15.2. The molecule has 0 radical (unpaired) electrons. The zero-order valence-corrected chi connectivity index (χ0v) is 14.0. The maximum Gasteiger partial charge on any atom is 0.231 e. The molecule has 0 amide bonds. The van der Waals surface area contributed by atoms with Gasteiger partial charge in [-0.05, 0) is 45.1 Å². The van der Waals surface area contributed by atoms with Crippen molar-refractivity contribution in [2.75, 3.05) is 27.4 Å². The Kier molecular flexibility index (Phi) is 3.76. The molecule has 2 aromatic rings. The van der Waals surface area contributed by atoms with Crippen LogP contribution in [-0.4, -0.2) is 47.9 Å². The van der Waals surface area contributed by atoms with E-state index in [1.165, 1.54) is 0 Å². The van der Waals surface area contributed by atoms with Crippen LogP contribution in [0.25, 0.3) is 11.3 Å². The van der Waals surface area contributed by atoms with E-state index in [1.807, 2.05) is 37.0 Å². The van der Waals surface area contributed by atoms with Gasteiger partial charge in [-0.2, -0.15) is 5.10 Å². The number of hydrogen-bond acceptors (Lipinski definition) is 5. The van der Waals surface area contributed by atoms with E-state index in [2.05, 4.69) is 4.90 Å². The third kappa shape index (κ3) is 2.57. The van der Waals surface area contributed by atoms with Crippen LogP contribution >= 0.6 is 0 Å². The van der Waals surface area contributed by atoms with Crippen molar-refractivity contribution in [2.24, 2.45) is 0 Å². The summed E-state index contributed by atoms with van der Waals surface area (Å²) in [6, 6.07) is 5.76. The van der Waals surface area contributed by atoms with E-state index >= 15 is 0 Å². The summed E-state index contributed by atoms with van der Waals surface area (Å²) >= 11 is 0. The van der Waals surface area contributed by atoms with Gasteiger partial charge in [0, 0.05) is 24.2 Å². The summed E-state index contributed by atoms with van der Waals surface area (Å²) in [5.41, 5.74) is 3.54. The molecule has 0 spiro atoms. The normalized spacial score (nSPS) is 15.9. The molecule has 2 heterocycles. The maximum absolute atomic E-state index is 12.5. The molecule has 6 heteroatoms. The molecular formula is C18H21N3O3. The Morgan fingerprint density at radius 3 is 2.88 bits per heavy atom. The minimum Gasteiger partial charge on any atom is -0.454 e. The van der Waals surface area contributed by atoms with E-state index in [0.717, 1.165) is 54.2 Å². The highest BCUT2D eigenvalue weighted by molar-refractivity contribution is 6.03. The van der Waals surface area contributed by atoms with Crippen molar-refractivity contribution in [1.82, 2.24) is 14.7 Å². The van der Waals surface area contributed by atoms with Crippen molar-refractivity contribution >= 4 is 5.78 Å². The summed E-state index contributed by atoms with van der Waals surface area (Å²) in [4.78, 5) is 14.7. The third-order valence-electron chi connectivity index (χ3n) is 4.56. The highest BCUT2D eigenvalue weighted by Crippen LogP contribution is 2.38. The average molecular weight is 327 g/mol. The Morgan fingerprint density at radius 2 is 2.04 bits per heavy atom. The first-order chi connectivity index (χ1) is 11.6. The molecule has 0 unspecified atom stereocenters. The topological polar surface area (TPSA) is 56.6 Å². The summed E-state index contributed by atoms with van der Waals surface area (Å²) < 4.78 is 12.8. The standard InChI is InChI=1S/C18H21N3O3/c1-20(2)8-9-21-13-4-3-5-14(22)17(13)18(19-21)12-6-7-15-16(10-12)24-11-23-15/h6-7,10H,3-5,8-9,11H2,1-2H3. The molecule has 0 saturated carbocycles. The first-order valence-electron chi connectivity index (χ1n) is 8.31. The molecule has 0 fully saturated rings. The lowest BCUT2D eigenvalue weighted by Crippen LogP contribution is -2.21. The fourth-order valence-corrected chi connectivity index (χ4v) is 3.31. The van der Waals surface area contributed by atoms with Crippen molar-refractivity contribution < 1.29 is 14.3 Å². The molecule has 0 saturated heterocycles. The van der Waals surface area contributed by atoms with Gasteiger partial charge in [0.05, 0.1) is 12.1 Å². The van der Waals surface area contributed by atoms with Crippen LogP contribution in [0, 0.1) is 0 Å². The number of aromatic nitrogens is 2. The van der Waals surface area contributed by atoms with E-state index in [9.17, 15) is 4.79 Å². The number of carbonyl (C=O) groups is 1. The predicted molar refractivity (Wildman–Crippen MR) is 89.6 cm³/mol. The summed E-state index contributed by atoms with van der Waals surface area (Å²) in [5, 5.41) is 4.78. The van der Waals surface area contributed by atoms with Crippen LogP contribution in [0.3, 0.4) is 0 Å². The number of hydrogen-bond donors (Lipinski definition) is 0. The SMILES string of the molecule is CN(C)CCn1nc(-c2ccc3c(c2)OCO3)c2c1CCCC2=O. The maximum atomic E-state index is 12.5. The highest BCUT2D eigenvalue weighted by Gasteiger charge is 2.28. The summed E-state index contributed by atoms with van der Waals surface area (Å²) in [5.74, 6) is 1.65. The molecule has 4 rings (SSSR count). The lowest BCUT2D eigenvalue weighted by Gasteiger charge is -2.15. The molecule has 0 N–H and O–H groups in total. The Labute approximate surface area is 141 Å². The lowest BCUT2D eigenvalue weighted by molar-refractivity contribution is 0.0972. The van der Waals surface area contributed by atoms with Crippen molar-refractivity contribution in [3.8, 4) is 22.8 Å². The summed E-state index contributed by atoms with van der Waals surface area (Å²) in [6.07, 6.45) is 2.41. The summed E-state index contributed by atoms with van der Waals surface area (Å²) in [7, 11) is 4.08. The van der Waals surface area contributed by atoms with Gasteiger partial charge >= 0.3 is 0 Å². The minimum atomic E-state index is 0.194. The van der Waals surface area contributed by atoms with Crippen LogP contribution in [0.15, 0.2) is 18.2 Å². The second-order valence-corrected chi connectivity index (χ2v) is 6.54. The van der Waals surface area contributed by atoms with Crippen molar-refractivity contribution in [3.63, 3.8) is 0 Å². The van der Waals surface area contributed by atoms with E-state index in [1.54, 1.807) is 0 Å².